The van der Waals surface area contributed by atoms with Gasteiger partial charge in [-0.2, -0.15) is 0 Å². The fourth-order valence-electron chi connectivity index (χ4n) is 0.741. The lowest BCUT2D eigenvalue weighted by Gasteiger charge is -2.26. The fourth-order valence-corrected chi connectivity index (χ4v) is 0.741. The molecule has 0 aliphatic carbocycles. The van der Waals surface area contributed by atoms with E-state index >= 15 is 0 Å². The predicted molar refractivity (Wildman–Crippen MR) is 45.3 cm³/mol. The Morgan fingerprint density at radius 1 is 1.64 bits per heavy atom. The first-order valence-electron chi connectivity index (χ1n) is 3.89. The molecule has 64 valence electrons. The maximum Gasteiger partial charge on any atom is 0.142 e. The van der Waals surface area contributed by atoms with Gasteiger partial charge >= 0.3 is 0 Å². The Morgan fingerprint density at radius 3 is 2.55 bits per heavy atom. The average molecular weight is 156 g/mol. The van der Waals surface area contributed by atoms with Crippen molar-refractivity contribution in [3.05, 3.63) is 12.2 Å². The van der Waals surface area contributed by atoms with Crippen molar-refractivity contribution < 1.29 is 9.90 Å². The second kappa shape index (κ2) is 4.29. The number of allylic oxidation sites excluding steroid dienone is 1. The lowest BCUT2D eigenvalue weighted by molar-refractivity contribution is -0.104. The number of rotatable bonds is 4. The molecule has 0 aliphatic heterocycles. The molecule has 2 atom stereocenters. The molecule has 0 rings (SSSR count). The highest BCUT2D eigenvalue weighted by molar-refractivity contribution is 5.64. The molecule has 0 saturated heterocycles. The van der Waals surface area contributed by atoms with E-state index in [1.165, 1.54) is 6.08 Å². The van der Waals surface area contributed by atoms with Crippen LogP contribution in [-0.4, -0.2) is 17.0 Å². The first-order valence-corrected chi connectivity index (χ1v) is 3.89. The predicted octanol–water partition coefficient (Wildman–Crippen LogP) is 1.54. The number of carbonyl (C=O) groups excluding carboxylic acids is 1. The van der Waals surface area contributed by atoms with Crippen LogP contribution in [0, 0.1) is 5.92 Å². The molecule has 2 heteroatoms. The SMILES string of the molecule is CCC(C)(O)C(C)C=CC=O. The minimum atomic E-state index is -0.695. The number of hydrogen-bond donors (Lipinski definition) is 1. The van der Waals surface area contributed by atoms with Crippen molar-refractivity contribution in [1.82, 2.24) is 0 Å². The zero-order valence-electron chi connectivity index (χ0n) is 7.37. The van der Waals surface area contributed by atoms with Crippen LogP contribution in [0.4, 0.5) is 0 Å². The van der Waals surface area contributed by atoms with Gasteiger partial charge in [0.25, 0.3) is 0 Å². The van der Waals surface area contributed by atoms with Crippen molar-refractivity contribution >= 4 is 6.29 Å². The second-order valence-electron chi connectivity index (χ2n) is 3.02. The zero-order chi connectivity index (χ0) is 8.91. The molecule has 0 fully saturated rings. The van der Waals surface area contributed by atoms with E-state index in [4.69, 9.17) is 0 Å². The van der Waals surface area contributed by atoms with Crippen molar-refractivity contribution in [3.8, 4) is 0 Å². The molecule has 0 spiro atoms. The number of carbonyl (C=O) groups is 1. The van der Waals surface area contributed by atoms with Crippen molar-refractivity contribution in [2.45, 2.75) is 32.8 Å². The Kier molecular flexibility index (Phi) is 4.04. The van der Waals surface area contributed by atoms with Gasteiger partial charge in [-0.25, -0.2) is 0 Å². The van der Waals surface area contributed by atoms with Crippen LogP contribution < -0.4 is 0 Å². The Hall–Kier alpha value is -0.630. The van der Waals surface area contributed by atoms with E-state index in [-0.39, 0.29) is 5.92 Å². The summed E-state index contributed by atoms with van der Waals surface area (Å²) in [5.74, 6) is 0.0256. The Morgan fingerprint density at radius 2 is 2.18 bits per heavy atom. The van der Waals surface area contributed by atoms with Crippen LogP contribution in [0.3, 0.4) is 0 Å². The standard InChI is InChI=1S/C9H16O2/c1-4-9(3,11)8(2)6-5-7-10/h5-8,11H,4H2,1-3H3. The van der Waals surface area contributed by atoms with Gasteiger partial charge in [-0.1, -0.05) is 19.9 Å². The van der Waals surface area contributed by atoms with Crippen molar-refractivity contribution in [1.29, 1.82) is 0 Å². The zero-order valence-corrected chi connectivity index (χ0v) is 7.37. The Bertz CT molecular complexity index is 148. The first-order chi connectivity index (χ1) is 5.04. The molecule has 0 aromatic carbocycles. The molecule has 2 unspecified atom stereocenters. The molecule has 0 radical (unpaired) electrons. The minimum absolute atomic E-state index is 0.0256. The molecular formula is C9H16O2. The van der Waals surface area contributed by atoms with Crippen LogP contribution in [0.15, 0.2) is 12.2 Å². The maximum atomic E-state index is 9.96. The van der Waals surface area contributed by atoms with Gasteiger partial charge in [0.05, 0.1) is 5.60 Å². The van der Waals surface area contributed by atoms with Crippen molar-refractivity contribution in [2.24, 2.45) is 5.92 Å². The summed E-state index contributed by atoms with van der Waals surface area (Å²) in [6.45, 7) is 5.58. The van der Waals surface area contributed by atoms with Gasteiger partial charge in [0.1, 0.15) is 6.29 Å². The van der Waals surface area contributed by atoms with E-state index in [2.05, 4.69) is 0 Å². The normalized spacial score (nSPS) is 19.6. The molecule has 11 heavy (non-hydrogen) atoms. The molecular weight excluding hydrogens is 140 g/mol. The lowest BCUT2D eigenvalue weighted by atomic mass is 9.88. The molecule has 0 aliphatic rings. The second-order valence-corrected chi connectivity index (χ2v) is 3.02. The van der Waals surface area contributed by atoms with Crippen LogP contribution >= 0.6 is 0 Å². The van der Waals surface area contributed by atoms with Crippen LogP contribution in [-0.2, 0) is 4.79 Å². The van der Waals surface area contributed by atoms with Gasteiger partial charge < -0.3 is 5.11 Å². The molecule has 0 amide bonds. The van der Waals surface area contributed by atoms with E-state index < -0.39 is 5.60 Å². The summed E-state index contributed by atoms with van der Waals surface area (Å²) < 4.78 is 0. The third-order valence-electron chi connectivity index (χ3n) is 2.18. The van der Waals surface area contributed by atoms with E-state index in [9.17, 15) is 9.90 Å². The molecule has 1 N–H and O–H groups in total. The summed E-state index contributed by atoms with van der Waals surface area (Å²) in [5.41, 5.74) is -0.695. The largest absolute Gasteiger partial charge is 0.390 e. The number of hydrogen-bond acceptors (Lipinski definition) is 2. The molecule has 0 saturated carbocycles. The summed E-state index contributed by atoms with van der Waals surface area (Å²) in [4.78, 5) is 9.96. The monoisotopic (exact) mass is 156 g/mol. The van der Waals surface area contributed by atoms with Crippen molar-refractivity contribution in [3.63, 3.8) is 0 Å². The van der Waals surface area contributed by atoms with Gasteiger partial charge in [0.15, 0.2) is 0 Å². The summed E-state index contributed by atoms with van der Waals surface area (Å²) in [6.07, 6.45) is 4.56. The Labute approximate surface area is 67.9 Å². The molecule has 0 aromatic rings. The fraction of sp³-hybridized carbons (Fsp3) is 0.667. The maximum absolute atomic E-state index is 9.96. The summed E-state index contributed by atoms with van der Waals surface area (Å²) >= 11 is 0. The van der Waals surface area contributed by atoms with Gasteiger partial charge in [0, 0.05) is 5.92 Å². The van der Waals surface area contributed by atoms with E-state index in [0.29, 0.717) is 6.42 Å². The van der Waals surface area contributed by atoms with E-state index in [1.807, 2.05) is 13.8 Å². The summed E-state index contributed by atoms with van der Waals surface area (Å²) in [5, 5.41) is 9.65. The third kappa shape index (κ3) is 3.33. The highest BCUT2D eigenvalue weighted by Crippen LogP contribution is 2.20. The number of aldehydes is 1. The molecule has 0 heterocycles. The lowest BCUT2D eigenvalue weighted by Crippen LogP contribution is -2.30. The smallest absolute Gasteiger partial charge is 0.142 e. The van der Waals surface area contributed by atoms with Crippen LogP contribution in [0.25, 0.3) is 0 Å². The van der Waals surface area contributed by atoms with E-state index in [1.54, 1.807) is 13.0 Å². The van der Waals surface area contributed by atoms with Crippen LogP contribution in [0.5, 0.6) is 0 Å². The van der Waals surface area contributed by atoms with Gasteiger partial charge in [-0.15, -0.1) is 0 Å². The minimum Gasteiger partial charge on any atom is -0.390 e. The van der Waals surface area contributed by atoms with Crippen LogP contribution in [0.1, 0.15) is 27.2 Å². The van der Waals surface area contributed by atoms with Crippen LogP contribution in [0.2, 0.25) is 0 Å². The summed E-state index contributed by atoms with van der Waals surface area (Å²) in [7, 11) is 0. The first kappa shape index (κ1) is 10.4. The highest BCUT2D eigenvalue weighted by Gasteiger charge is 2.23. The average Bonchev–Trinajstić information content (AvgIpc) is 2.00. The highest BCUT2D eigenvalue weighted by atomic mass is 16.3. The molecule has 2 nitrogen and oxygen atoms in total. The molecule has 0 aromatic heterocycles. The third-order valence-corrected chi connectivity index (χ3v) is 2.18. The number of aliphatic hydroxyl groups is 1. The molecule has 0 bridgehead atoms. The van der Waals surface area contributed by atoms with Crippen molar-refractivity contribution in [2.75, 3.05) is 0 Å². The quantitative estimate of drug-likeness (QED) is 0.495. The summed E-state index contributed by atoms with van der Waals surface area (Å²) in [6, 6.07) is 0. The van der Waals surface area contributed by atoms with Gasteiger partial charge in [0.2, 0.25) is 0 Å². The van der Waals surface area contributed by atoms with Gasteiger partial charge in [-0.3, -0.25) is 4.79 Å². The van der Waals surface area contributed by atoms with E-state index in [0.717, 1.165) is 6.29 Å². The van der Waals surface area contributed by atoms with Gasteiger partial charge in [-0.05, 0) is 19.4 Å². The Balaban J connectivity index is 4.10. The topological polar surface area (TPSA) is 37.3 Å².